The molecule has 0 aliphatic carbocycles. The van der Waals surface area contributed by atoms with Crippen LogP contribution in [0.25, 0.3) is 0 Å². The molecule has 21 heavy (non-hydrogen) atoms. The molecule has 2 N–H and O–H groups in total. The van der Waals surface area contributed by atoms with E-state index in [9.17, 15) is 9.18 Å². The molecule has 1 atom stereocenters. The average Bonchev–Trinajstić information content (AvgIpc) is 2.50. The van der Waals surface area contributed by atoms with Crippen molar-refractivity contribution in [2.24, 2.45) is 5.73 Å². The molecule has 108 valence electrons. The molecule has 2 aromatic rings. The van der Waals surface area contributed by atoms with Gasteiger partial charge in [0.15, 0.2) is 0 Å². The van der Waals surface area contributed by atoms with Gasteiger partial charge in [0.1, 0.15) is 5.82 Å². The lowest BCUT2D eigenvalue weighted by Crippen LogP contribution is -2.39. The first-order valence-corrected chi connectivity index (χ1v) is 7.05. The summed E-state index contributed by atoms with van der Waals surface area (Å²) in [6, 6.07) is 14.0. The second-order valence-electron chi connectivity index (χ2n) is 5.27. The summed E-state index contributed by atoms with van der Waals surface area (Å²) in [6.45, 7) is 0.575. The van der Waals surface area contributed by atoms with E-state index in [1.807, 2.05) is 24.3 Å². The molecule has 0 spiro atoms. The Morgan fingerprint density at radius 1 is 1.19 bits per heavy atom. The van der Waals surface area contributed by atoms with Gasteiger partial charge in [-0.3, -0.25) is 4.79 Å². The molecule has 3 rings (SSSR count). The summed E-state index contributed by atoms with van der Waals surface area (Å²) in [6.07, 6.45) is 0.788. The number of anilines is 1. The van der Waals surface area contributed by atoms with Gasteiger partial charge in [-0.15, -0.1) is 0 Å². The summed E-state index contributed by atoms with van der Waals surface area (Å²) in [7, 11) is 0. The second kappa shape index (κ2) is 5.66. The van der Waals surface area contributed by atoms with Crippen molar-refractivity contribution in [3.05, 3.63) is 65.5 Å². The summed E-state index contributed by atoms with van der Waals surface area (Å²) in [5.74, 6) is -0.438. The van der Waals surface area contributed by atoms with Crippen LogP contribution in [0.1, 0.15) is 23.6 Å². The van der Waals surface area contributed by atoms with Crippen LogP contribution in [0.2, 0.25) is 0 Å². The van der Waals surface area contributed by atoms with Crippen molar-refractivity contribution >= 4 is 11.6 Å². The number of hydrogen-bond acceptors (Lipinski definition) is 2. The van der Waals surface area contributed by atoms with Gasteiger partial charge in [0.05, 0.1) is 6.42 Å². The highest BCUT2D eigenvalue weighted by atomic mass is 19.1. The number of rotatable bonds is 2. The molecule has 1 aliphatic heterocycles. The number of nitrogens with zero attached hydrogens (tertiary/aromatic N) is 1. The third-order valence-corrected chi connectivity index (χ3v) is 3.89. The van der Waals surface area contributed by atoms with E-state index in [-0.39, 0.29) is 24.2 Å². The number of fused-ring (bicyclic) bond motifs is 1. The number of para-hydroxylation sites is 1. The highest BCUT2D eigenvalue weighted by Gasteiger charge is 2.26. The first-order valence-electron chi connectivity index (χ1n) is 7.05. The lowest BCUT2D eigenvalue weighted by molar-refractivity contribution is -0.118. The van der Waals surface area contributed by atoms with E-state index in [0.717, 1.165) is 17.7 Å². The highest BCUT2D eigenvalue weighted by molar-refractivity contribution is 5.96. The number of carbonyl (C=O) groups is 1. The average molecular weight is 284 g/mol. The summed E-state index contributed by atoms with van der Waals surface area (Å²) in [5, 5.41) is 0. The predicted octanol–water partition coefficient (Wildman–Crippen LogP) is 2.80. The van der Waals surface area contributed by atoms with Gasteiger partial charge in [0, 0.05) is 18.3 Å². The number of benzene rings is 2. The summed E-state index contributed by atoms with van der Waals surface area (Å²) in [4.78, 5) is 14.2. The molecule has 1 amide bonds. The number of nitrogens with two attached hydrogens (primary N) is 1. The van der Waals surface area contributed by atoms with Gasteiger partial charge in [0.2, 0.25) is 5.91 Å². The maximum atomic E-state index is 13.7. The summed E-state index contributed by atoms with van der Waals surface area (Å²) < 4.78 is 13.7. The zero-order valence-corrected chi connectivity index (χ0v) is 11.6. The van der Waals surface area contributed by atoms with Gasteiger partial charge >= 0.3 is 0 Å². The van der Waals surface area contributed by atoms with Gasteiger partial charge < -0.3 is 10.6 Å². The Kier molecular flexibility index (Phi) is 3.71. The van der Waals surface area contributed by atoms with Crippen LogP contribution >= 0.6 is 0 Å². The first kappa shape index (κ1) is 13.8. The lowest BCUT2D eigenvalue weighted by atomic mass is 9.96. The van der Waals surface area contributed by atoms with Gasteiger partial charge in [-0.1, -0.05) is 36.4 Å². The van der Waals surface area contributed by atoms with E-state index in [1.54, 1.807) is 23.1 Å². The molecule has 0 saturated carbocycles. The predicted molar refractivity (Wildman–Crippen MR) is 80.4 cm³/mol. The fourth-order valence-corrected chi connectivity index (χ4v) is 2.75. The number of halogens is 1. The normalized spacial score (nSPS) is 17.4. The second-order valence-corrected chi connectivity index (χ2v) is 5.27. The fraction of sp³-hybridized carbons (Fsp3) is 0.235. The maximum Gasteiger partial charge on any atom is 0.231 e. The fourth-order valence-electron chi connectivity index (χ4n) is 2.75. The number of hydrogen-bond donors (Lipinski definition) is 1. The molecule has 4 heteroatoms. The first-order chi connectivity index (χ1) is 10.2. The Hall–Kier alpha value is -2.20. The Labute approximate surface area is 123 Å². The van der Waals surface area contributed by atoms with Crippen LogP contribution in [0.3, 0.4) is 0 Å². The van der Waals surface area contributed by atoms with Crippen molar-refractivity contribution < 1.29 is 9.18 Å². The molecule has 0 fully saturated rings. The highest BCUT2D eigenvalue weighted by Crippen LogP contribution is 2.32. The lowest BCUT2D eigenvalue weighted by Gasteiger charge is -2.32. The molecule has 1 unspecified atom stereocenters. The monoisotopic (exact) mass is 284 g/mol. The molecule has 0 aromatic heterocycles. The third kappa shape index (κ3) is 2.67. The minimum atomic E-state index is -0.340. The Morgan fingerprint density at radius 3 is 2.71 bits per heavy atom. The van der Waals surface area contributed by atoms with Crippen LogP contribution < -0.4 is 10.6 Å². The Balaban J connectivity index is 1.86. The largest absolute Gasteiger partial charge is 0.324 e. The van der Waals surface area contributed by atoms with Gasteiger partial charge in [-0.2, -0.15) is 0 Å². The minimum Gasteiger partial charge on any atom is -0.324 e. The number of carbonyl (C=O) groups excluding carboxylic acids is 1. The topological polar surface area (TPSA) is 46.3 Å². The van der Waals surface area contributed by atoms with E-state index in [1.165, 1.54) is 6.07 Å². The van der Waals surface area contributed by atoms with Crippen molar-refractivity contribution in [1.82, 2.24) is 0 Å². The third-order valence-electron chi connectivity index (χ3n) is 3.89. The maximum absolute atomic E-state index is 13.7. The number of amides is 1. The van der Waals surface area contributed by atoms with Gasteiger partial charge in [0.25, 0.3) is 0 Å². The summed E-state index contributed by atoms with van der Waals surface area (Å²) >= 11 is 0. The van der Waals surface area contributed by atoms with Crippen LogP contribution in [-0.4, -0.2) is 12.5 Å². The van der Waals surface area contributed by atoms with E-state index in [4.69, 9.17) is 5.73 Å². The standard InChI is InChI=1S/C17H17FN2O/c18-14-7-3-1-5-12(14)11-17(21)20-10-9-15(19)13-6-2-4-8-16(13)20/h1-8,15H,9-11,19H2. The zero-order chi connectivity index (χ0) is 14.8. The van der Waals surface area contributed by atoms with Crippen molar-refractivity contribution in [3.63, 3.8) is 0 Å². The molecule has 2 aromatic carbocycles. The van der Waals surface area contributed by atoms with Crippen molar-refractivity contribution in [2.45, 2.75) is 18.9 Å². The van der Waals surface area contributed by atoms with Crippen molar-refractivity contribution in [1.29, 1.82) is 0 Å². The van der Waals surface area contributed by atoms with Gasteiger partial charge in [-0.25, -0.2) is 4.39 Å². The van der Waals surface area contributed by atoms with Crippen molar-refractivity contribution in [3.8, 4) is 0 Å². The molecule has 3 nitrogen and oxygen atoms in total. The molecule has 0 radical (unpaired) electrons. The summed E-state index contributed by atoms with van der Waals surface area (Å²) in [5.41, 5.74) is 8.34. The van der Waals surface area contributed by atoms with E-state index >= 15 is 0 Å². The van der Waals surface area contributed by atoms with E-state index in [2.05, 4.69) is 0 Å². The smallest absolute Gasteiger partial charge is 0.231 e. The molecule has 1 heterocycles. The zero-order valence-electron chi connectivity index (χ0n) is 11.6. The van der Waals surface area contributed by atoms with E-state index < -0.39 is 0 Å². The Morgan fingerprint density at radius 2 is 1.90 bits per heavy atom. The molecule has 0 bridgehead atoms. The van der Waals surface area contributed by atoms with Crippen LogP contribution in [0, 0.1) is 5.82 Å². The SMILES string of the molecule is NC1CCN(C(=O)Cc2ccccc2F)c2ccccc21. The molecular formula is C17H17FN2O. The van der Waals surface area contributed by atoms with Crippen LogP contribution in [-0.2, 0) is 11.2 Å². The molecular weight excluding hydrogens is 267 g/mol. The van der Waals surface area contributed by atoms with Crippen LogP contribution in [0.15, 0.2) is 48.5 Å². The van der Waals surface area contributed by atoms with Crippen LogP contribution in [0.5, 0.6) is 0 Å². The molecule has 0 saturated heterocycles. The van der Waals surface area contributed by atoms with Gasteiger partial charge in [-0.05, 0) is 29.7 Å². The van der Waals surface area contributed by atoms with Crippen LogP contribution in [0.4, 0.5) is 10.1 Å². The van der Waals surface area contributed by atoms with Crippen molar-refractivity contribution in [2.75, 3.05) is 11.4 Å². The minimum absolute atomic E-state index is 0.0429. The van der Waals surface area contributed by atoms with E-state index in [0.29, 0.717) is 12.1 Å². The Bertz CT molecular complexity index is 671. The quantitative estimate of drug-likeness (QED) is 0.921. The molecule has 1 aliphatic rings.